The van der Waals surface area contributed by atoms with Crippen molar-refractivity contribution in [3.8, 4) is 17.2 Å². The maximum atomic E-state index is 12.4. The van der Waals surface area contributed by atoms with Crippen LogP contribution in [0.2, 0.25) is 5.02 Å². The number of halogens is 1. The van der Waals surface area contributed by atoms with Crippen LogP contribution in [0, 0.1) is 0 Å². The molecule has 166 valence electrons. The predicted molar refractivity (Wildman–Crippen MR) is 124 cm³/mol. The lowest BCUT2D eigenvalue weighted by Gasteiger charge is -2.13. The van der Waals surface area contributed by atoms with Gasteiger partial charge in [-0.1, -0.05) is 43.1 Å². The van der Waals surface area contributed by atoms with Gasteiger partial charge in [0.05, 0.1) is 17.9 Å². The van der Waals surface area contributed by atoms with Gasteiger partial charge in [0, 0.05) is 5.02 Å². The molecule has 3 aromatic rings. The molecule has 0 saturated heterocycles. The van der Waals surface area contributed by atoms with Crippen LogP contribution in [-0.4, -0.2) is 25.1 Å². The largest absolute Gasteiger partial charge is 0.494 e. The first kappa shape index (κ1) is 23.2. The minimum Gasteiger partial charge on any atom is -0.494 e. The molecule has 0 bridgehead atoms. The highest BCUT2D eigenvalue weighted by Crippen LogP contribution is 2.32. The Kier molecular flexibility index (Phi) is 8.52. The van der Waals surface area contributed by atoms with E-state index < -0.39 is 18.5 Å². The lowest BCUT2D eigenvalue weighted by molar-refractivity contribution is -0.119. The first-order chi connectivity index (χ1) is 15.5. The van der Waals surface area contributed by atoms with Crippen LogP contribution >= 0.6 is 11.6 Å². The molecule has 0 heterocycles. The van der Waals surface area contributed by atoms with Crippen molar-refractivity contribution in [1.82, 2.24) is 0 Å². The number of rotatable bonds is 10. The number of carbonyl (C=O) groups is 2. The van der Waals surface area contributed by atoms with E-state index in [0.717, 1.165) is 12.8 Å². The fourth-order valence-corrected chi connectivity index (χ4v) is 2.90. The number of hydrogen-bond donors (Lipinski definition) is 1. The Morgan fingerprint density at radius 2 is 1.69 bits per heavy atom. The average Bonchev–Trinajstić information content (AvgIpc) is 2.80. The second-order valence-electron chi connectivity index (χ2n) is 6.91. The van der Waals surface area contributed by atoms with Crippen LogP contribution in [0.25, 0.3) is 0 Å². The van der Waals surface area contributed by atoms with E-state index in [9.17, 15) is 9.59 Å². The first-order valence-electron chi connectivity index (χ1n) is 10.3. The van der Waals surface area contributed by atoms with E-state index in [-0.39, 0.29) is 0 Å². The fraction of sp³-hybridized carbons (Fsp3) is 0.200. The molecule has 1 amide bonds. The summed E-state index contributed by atoms with van der Waals surface area (Å²) in [5.41, 5.74) is 0.701. The van der Waals surface area contributed by atoms with Crippen LogP contribution in [-0.2, 0) is 9.53 Å². The van der Waals surface area contributed by atoms with E-state index in [0.29, 0.717) is 40.1 Å². The van der Waals surface area contributed by atoms with Crippen molar-refractivity contribution in [3.63, 3.8) is 0 Å². The third-order valence-corrected chi connectivity index (χ3v) is 4.61. The summed E-state index contributed by atoms with van der Waals surface area (Å²) in [5.74, 6) is 0.586. The molecule has 0 aromatic heterocycles. The van der Waals surface area contributed by atoms with Gasteiger partial charge < -0.3 is 19.5 Å². The number of ether oxygens (including phenoxy) is 3. The summed E-state index contributed by atoms with van der Waals surface area (Å²) in [6, 6.07) is 20.6. The van der Waals surface area contributed by atoms with Gasteiger partial charge in [0.1, 0.15) is 11.5 Å². The Hall–Kier alpha value is -3.51. The molecule has 0 aliphatic rings. The van der Waals surface area contributed by atoms with Gasteiger partial charge >= 0.3 is 5.97 Å². The van der Waals surface area contributed by atoms with Crippen molar-refractivity contribution in [2.75, 3.05) is 18.5 Å². The Balaban J connectivity index is 1.55. The lowest BCUT2D eigenvalue weighted by atomic mass is 10.2. The molecule has 0 atom stereocenters. The molecule has 0 aliphatic carbocycles. The molecule has 0 fully saturated rings. The molecule has 3 aromatic carbocycles. The monoisotopic (exact) mass is 453 g/mol. The zero-order valence-electron chi connectivity index (χ0n) is 17.7. The summed E-state index contributed by atoms with van der Waals surface area (Å²) in [6.07, 6.45) is 2.01. The number of nitrogens with one attached hydrogen (secondary N) is 1. The number of unbranched alkanes of at least 4 members (excludes halogenated alkanes) is 1. The Morgan fingerprint density at radius 1 is 0.938 bits per heavy atom. The average molecular weight is 454 g/mol. The minimum absolute atomic E-state index is 0.330. The van der Waals surface area contributed by atoms with Crippen molar-refractivity contribution in [2.45, 2.75) is 19.8 Å². The highest BCUT2D eigenvalue weighted by Gasteiger charge is 2.13. The van der Waals surface area contributed by atoms with E-state index in [1.165, 1.54) is 0 Å². The molecule has 0 aliphatic heterocycles. The Bertz CT molecular complexity index is 1040. The molecule has 0 saturated carbocycles. The van der Waals surface area contributed by atoms with Crippen LogP contribution in [0.15, 0.2) is 72.8 Å². The molecular formula is C25H24ClNO5. The number of benzene rings is 3. The van der Waals surface area contributed by atoms with Gasteiger partial charge in [0.2, 0.25) is 0 Å². The van der Waals surface area contributed by atoms with Crippen LogP contribution in [0.4, 0.5) is 5.69 Å². The number of amides is 1. The van der Waals surface area contributed by atoms with Crippen LogP contribution in [0.5, 0.6) is 17.2 Å². The van der Waals surface area contributed by atoms with E-state index in [2.05, 4.69) is 12.2 Å². The molecule has 3 rings (SSSR count). The maximum Gasteiger partial charge on any atom is 0.338 e. The second-order valence-corrected chi connectivity index (χ2v) is 7.34. The molecule has 0 radical (unpaired) electrons. The van der Waals surface area contributed by atoms with Crippen LogP contribution < -0.4 is 14.8 Å². The second kappa shape index (κ2) is 11.8. The number of carbonyl (C=O) groups excluding carboxylic acids is 2. The van der Waals surface area contributed by atoms with Gasteiger partial charge in [-0.15, -0.1) is 0 Å². The smallest absolute Gasteiger partial charge is 0.338 e. The number of hydrogen-bond acceptors (Lipinski definition) is 5. The Labute approximate surface area is 192 Å². The van der Waals surface area contributed by atoms with Crippen molar-refractivity contribution < 1.29 is 23.8 Å². The number of esters is 1. The van der Waals surface area contributed by atoms with Gasteiger partial charge in [-0.3, -0.25) is 4.79 Å². The van der Waals surface area contributed by atoms with E-state index in [1.807, 2.05) is 18.2 Å². The highest BCUT2D eigenvalue weighted by atomic mass is 35.5. The minimum atomic E-state index is -0.605. The van der Waals surface area contributed by atoms with Gasteiger partial charge in [-0.25, -0.2) is 4.79 Å². The van der Waals surface area contributed by atoms with E-state index >= 15 is 0 Å². The van der Waals surface area contributed by atoms with E-state index in [1.54, 1.807) is 54.6 Å². The number of para-hydroxylation sites is 1. The summed E-state index contributed by atoms with van der Waals surface area (Å²) in [6.45, 7) is 2.26. The molecule has 7 heteroatoms. The van der Waals surface area contributed by atoms with Gasteiger partial charge in [-0.05, 0) is 61.0 Å². The third-order valence-electron chi connectivity index (χ3n) is 4.38. The van der Waals surface area contributed by atoms with Crippen LogP contribution in [0.1, 0.15) is 30.1 Å². The Morgan fingerprint density at radius 3 is 2.41 bits per heavy atom. The molecule has 6 nitrogen and oxygen atoms in total. The highest BCUT2D eigenvalue weighted by molar-refractivity contribution is 6.31. The summed E-state index contributed by atoms with van der Waals surface area (Å²) in [7, 11) is 0. The summed E-state index contributed by atoms with van der Waals surface area (Å²) < 4.78 is 16.5. The summed E-state index contributed by atoms with van der Waals surface area (Å²) in [5, 5.41) is 3.10. The molecule has 0 unspecified atom stereocenters. The molecular weight excluding hydrogens is 430 g/mol. The fourth-order valence-electron chi connectivity index (χ4n) is 2.73. The van der Waals surface area contributed by atoms with Crippen molar-refractivity contribution in [3.05, 3.63) is 83.4 Å². The third kappa shape index (κ3) is 7.03. The maximum absolute atomic E-state index is 12.4. The van der Waals surface area contributed by atoms with Crippen molar-refractivity contribution in [1.29, 1.82) is 0 Å². The topological polar surface area (TPSA) is 73.9 Å². The standard InChI is InChI=1S/C25H24ClNO5/c1-2-3-15-30-20-12-9-18(10-13-20)25(29)31-17-24(28)27-22-16-19(26)11-14-23(22)32-21-7-5-4-6-8-21/h4-14,16H,2-3,15,17H2,1H3,(H,27,28). The molecule has 1 N–H and O–H groups in total. The molecule has 32 heavy (non-hydrogen) atoms. The molecule has 0 spiro atoms. The zero-order chi connectivity index (χ0) is 22.8. The summed E-state index contributed by atoms with van der Waals surface area (Å²) in [4.78, 5) is 24.6. The van der Waals surface area contributed by atoms with Crippen molar-refractivity contribution in [2.24, 2.45) is 0 Å². The zero-order valence-corrected chi connectivity index (χ0v) is 18.4. The first-order valence-corrected chi connectivity index (χ1v) is 10.6. The summed E-state index contributed by atoms with van der Waals surface area (Å²) >= 11 is 6.06. The predicted octanol–water partition coefficient (Wildman–Crippen LogP) is 6.11. The lowest BCUT2D eigenvalue weighted by Crippen LogP contribution is -2.21. The van der Waals surface area contributed by atoms with Gasteiger partial charge in [0.25, 0.3) is 5.91 Å². The van der Waals surface area contributed by atoms with Gasteiger partial charge in [-0.2, -0.15) is 0 Å². The van der Waals surface area contributed by atoms with Crippen LogP contribution in [0.3, 0.4) is 0 Å². The SMILES string of the molecule is CCCCOc1ccc(C(=O)OCC(=O)Nc2cc(Cl)ccc2Oc2ccccc2)cc1. The van der Waals surface area contributed by atoms with E-state index in [4.69, 9.17) is 25.8 Å². The number of anilines is 1. The van der Waals surface area contributed by atoms with Crippen molar-refractivity contribution >= 4 is 29.2 Å². The quantitative estimate of drug-likeness (QED) is 0.296. The van der Waals surface area contributed by atoms with Gasteiger partial charge in [0.15, 0.2) is 12.4 Å². The normalized spacial score (nSPS) is 10.3.